The van der Waals surface area contributed by atoms with Gasteiger partial charge in [-0.05, 0) is 68.1 Å². The number of aryl methyl sites for hydroxylation is 3. The number of nitrogens with one attached hydrogen (secondary N) is 1. The van der Waals surface area contributed by atoms with Crippen LogP contribution in [0.4, 0.5) is 0 Å². The Bertz CT molecular complexity index is 504. The van der Waals surface area contributed by atoms with Crippen LogP contribution in [0.5, 0.6) is 0 Å². The van der Waals surface area contributed by atoms with E-state index in [1.807, 2.05) is 11.3 Å². The van der Waals surface area contributed by atoms with Crippen molar-refractivity contribution in [2.75, 3.05) is 6.54 Å². The first-order valence-corrected chi connectivity index (χ1v) is 9.43. The van der Waals surface area contributed by atoms with Crippen molar-refractivity contribution in [2.45, 2.75) is 51.5 Å². The molecule has 3 rings (SSSR count). The summed E-state index contributed by atoms with van der Waals surface area (Å²) < 4.78 is 0. The zero-order chi connectivity index (χ0) is 13.8. The zero-order valence-corrected chi connectivity index (χ0v) is 13.8. The van der Waals surface area contributed by atoms with Gasteiger partial charge in [0.05, 0.1) is 0 Å². The van der Waals surface area contributed by atoms with Crippen molar-refractivity contribution in [1.82, 2.24) is 5.32 Å². The predicted molar refractivity (Wildman–Crippen MR) is 90.0 cm³/mol. The van der Waals surface area contributed by atoms with Gasteiger partial charge in [0.25, 0.3) is 0 Å². The van der Waals surface area contributed by atoms with Crippen LogP contribution in [0.15, 0.2) is 23.6 Å². The molecule has 1 N–H and O–H groups in total. The van der Waals surface area contributed by atoms with Crippen LogP contribution in [0, 0.1) is 0 Å². The summed E-state index contributed by atoms with van der Waals surface area (Å²) in [5.41, 5.74) is 1.63. The topological polar surface area (TPSA) is 12.0 Å². The SMILES string of the molecule is CCNC(CCc1cccs1)c1cc2c(s1)CCCC2. The molecule has 0 aromatic carbocycles. The average molecular weight is 306 g/mol. The Hall–Kier alpha value is -0.640. The lowest BCUT2D eigenvalue weighted by Gasteiger charge is -2.15. The molecule has 2 heterocycles. The van der Waals surface area contributed by atoms with Gasteiger partial charge in [-0.1, -0.05) is 13.0 Å². The Morgan fingerprint density at radius 3 is 2.95 bits per heavy atom. The first-order chi connectivity index (χ1) is 9.86. The zero-order valence-electron chi connectivity index (χ0n) is 12.2. The van der Waals surface area contributed by atoms with Gasteiger partial charge in [-0.3, -0.25) is 0 Å². The molecule has 0 bridgehead atoms. The van der Waals surface area contributed by atoms with Crippen LogP contribution in [0.3, 0.4) is 0 Å². The highest BCUT2D eigenvalue weighted by atomic mass is 32.1. The molecular weight excluding hydrogens is 282 g/mol. The molecule has 0 amide bonds. The van der Waals surface area contributed by atoms with E-state index in [4.69, 9.17) is 0 Å². The van der Waals surface area contributed by atoms with Crippen LogP contribution in [-0.4, -0.2) is 6.54 Å². The van der Waals surface area contributed by atoms with Crippen LogP contribution >= 0.6 is 22.7 Å². The number of hydrogen-bond acceptors (Lipinski definition) is 3. The largest absolute Gasteiger partial charge is 0.310 e. The second-order valence-electron chi connectivity index (χ2n) is 5.53. The van der Waals surface area contributed by atoms with Gasteiger partial charge >= 0.3 is 0 Å². The Balaban J connectivity index is 1.70. The molecule has 1 aliphatic carbocycles. The van der Waals surface area contributed by atoms with Gasteiger partial charge in [0, 0.05) is 20.7 Å². The van der Waals surface area contributed by atoms with Gasteiger partial charge in [-0.25, -0.2) is 0 Å². The summed E-state index contributed by atoms with van der Waals surface area (Å²) in [5, 5.41) is 5.87. The van der Waals surface area contributed by atoms with E-state index >= 15 is 0 Å². The Labute approximate surface area is 130 Å². The Morgan fingerprint density at radius 1 is 1.30 bits per heavy atom. The van der Waals surface area contributed by atoms with E-state index in [2.05, 4.69) is 47.2 Å². The highest BCUT2D eigenvalue weighted by Gasteiger charge is 2.18. The standard InChI is InChI=1S/C17H23NS2/c1-2-18-15(10-9-14-7-5-11-19-14)17-12-13-6-3-4-8-16(13)20-17/h5,7,11-12,15,18H,2-4,6,8-10H2,1H3. The maximum absolute atomic E-state index is 3.69. The quantitative estimate of drug-likeness (QED) is 0.794. The van der Waals surface area contributed by atoms with Gasteiger partial charge in [0.15, 0.2) is 0 Å². The number of hydrogen-bond donors (Lipinski definition) is 1. The van der Waals surface area contributed by atoms with Crippen molar-refractivity contribution in [3.63, 3.8) is 0 Å². The smallest absolute Gasteiger partial charge is 0.0418 e. The van der Waals surface area contributed by atoms with Crippen LogP contribution in [0.1, 0.15) is 52.4 Å². The lowest BCUT2D eigenvalue weighted by atomic mass is 9.98. The first-order valence-electron chi connectivity index (χ1n) is 7.74. The minimum atomic E-state index is 0.540. The lowest BCUT2D eigenvalue weighted by molar-refractivity contribution is 0.524. The molecule has 1 nitrogen and oxygen atoms in total. The fraction of sp³-hybridized carbons (Fsp3) is 0.529. The monoisotopic (exact) mass is 305 g/mol. The van der Waals surface area contributed by atoms with Crippen molar-refractivity contribution in [3.05, 3.63) is 43.8 Å². The number of thiophene rings is 2. The highest BCUT2D eigenvalue weighted by Crippen LogP contribution is 2.34. The van der Waals surface area contributed by atoms with E-state index in [0.29, 0.717) is 6.04 Å². The van der Waals surface area contributed by atoms with Crippen LogP contribution in [0.25, 0.3) is 0 Å². The number of fused-ring (bicyclic) bond motifs is 1. The maximum Gasteiger partial charge on any atom is 0.0418 e. The molecule has 1 atom stereocenters. The van der Waals surface area contributed by atoms with E-state index < -0.39 is 0 Å². The van der Waals surface area contributed by atoms with Crippen molar-refractivity contribution in [1.29, 1.82) is 0 Å². The summed E-state index contributed by atoms with van der Waals surface area (Å²) >= 11 is 3.94. The molecule has 3 heteroatoms. The fourth-order valence-corrected chi connectivity index (χ4v) is 5.11. The van der Waals surface area contributed by atoms with E-state index in [1.165, 1.54) is 43.4 Å². The molecular formula is C17H23NS2. The molecule has 0 aliphatic heterocycles. The average Bonchev–Trinajstić information content (AvgIpc) is 3.12. The fourth-order valence-electron chi connectivity index (χ4n) is 3.02. The molecule has 1 aliphatic rings. The summed E-state index contributed by atoms with van der Waals surface area (Å²) in [4.78, 5) is 4.73. The van der Waals surface area contributed by atoms with Gasteiger partial charge in [0.1, 0.15) is 0 Å². The van der Waals surface area contributed by atoms with Crippen LogP contribution in [-0.2, 0) is 19.3 Å². The molecule has 0 radical (unpaired) electrons. The van der Waals surface area contributed by atoms with Gasteiger partial charge in [0.2, 0.25) is 0 Å². The summed E-state index contributed by atoms with van der Waals surface area (Å²) in [6, 6.07) is 7.44. The molecule has 0 fully saturated rings. The van der Waals surface area contributed by atoms with Crippen LogP contribution < -0.4 is 5.32 Å². The van der Waals surface area contributed by atoms with Crippen molar-refractivity contribution >= 4 is 22.7 Å². The third-order valence-electron chi connectivity index (χ3n) is 4.07. The Kier molecular flexibility index (Phi) is 4.92. The third kappa shape index (κ3) is 3.33. The normalized spacial score (nSPS) is 16.1. The van der Waals surface area contributed by atoms with Crippen LogP contribution in [0.2, 0.25) is 0 Å². The van der Waals surface area contributed by atoms with Gasteiger partial charge in [-0.2, -0.15) is 0 Å². The molecule has 20 heavy (non-hydrogen) atoms. The number of rotatable bonds is 6. The van der Waals surface area contributed by atoms with E-state index in [0.717, 1.165) is 6.54 Å². The maximum atomic E-state index is 3.69. The predicted octanol–water partition coefficient (Wildman–Crippen LogP) is 4.97. The lowest BCUT2D eigenvalue weighted by Crippen LogP contribution is -2.20. The molecule has 108 valence electrons. The van der Waals surface area contributed by atoms with E-state index in [1.54, 1.807) is 15.3 Å². The minimum absolute atomic E-state index is 0.540. The van der Waals surface area contributed by atoms with E-state index in [9.17, 15) is 0 Å². The second-order valence-corrected chi connectivity index (χ2v) is 7.73. The third-order valence-corrected chi connectivity index (χ3v) is 6.36. The molecule has 2 aromatic heterocycles. The summed E-state index contributed by atoms with van der Waals surface area (Å²) in [6.45, 7) is 3.27. The van der Waals surface area contributed by atoms with Gasteiger partial charge < -0.3 is 5.32 Å². The molecule has 2 aromatic rings. The first kappa shape index (κ1) is 14.3. The molecule has 0 saturated heterocycles. The highest BCUT2D eigenvalue weighted by molar-refractivity contribution is 7.12. The van der Waals surface area contributed by atoms with Gasteiger partial charge in [-0.15, -0.1) is 22.7 Å². The van der Waals surface area contributed by atoms with Crippen molar-refractivity contribution in [2.24, 2.45) is 0 Å². The van der Waals surface area contributed by atoms with Crippen molar-refractivity contribution in [3.8, 4) is 0 Å². The Morgan fingerprint density at radius 2 is 2.20 bits per heavy atom. The second kappa shape index (κ2) is 6.88. The molecule has 0 spiro atoms. The summed E-state index contributed by atoms with van der Waals surface area (Å²) in [5.74, 6) is 0. The summed E-state index contributed by atoms with van der Waals surface area (Å²) in [6.07, 6.45) is 7.78. The van der Waals surface area contributed by atoms with E-state index in [-0.39, 0.29) is 0 Å². The molecule has 1 unspecified atom stereocenters. The minimum Gasteiger partial charge on any atom is -0.310 e. The summed E-state index contributed by atoms with van der Waals surface area (Å²) in [7, 11) is 0. The van der Waals surface area contributed by atoms with Crippen molar-refractivity contribution < 1.29 is 0 Å². The molecule has 0 saturated carbocycles.